The van der Waals surface area contributed by atoms with Gasteiger partial charge in [0.15, 0.2) is 0 Å². The zero-order valence-corrected chi connectivity index (χ0v) is 12.6. The van der Waals surface area contributed by atoms with Gasteiger partial charge in [0.2, 0.25) is 5.91 Å². The number of carbonyl (C=O) groups is 1. The number of hydrogen-bond donors (Lipinski definition) is 0. The molecule has 0 bridgehead atoms. The van der Waals surface area contributed by atoms with E-state index in [1.807, 2.05) is 35.2 Å². The average Bonchev–Trinajstić information content (AvgIpc) is 3.20. The largest absolute Gasteiger partial charge is 0.312 e. The van der Waals surface area contributed by atoms with Crippen molar-refractivity contribution in [2.45, 2.75) is 6.54 Å². The lowest BCUT2D eigenvalue weighted by molar-refractivity contribution is -0.120. The van der Waals surface area contributed by atoms with Crippen molar-refractivity contribution in [3.8, 4) is 0 Å². The van der Waals surface area contributed by atoms with Gasteiger partial charge in [0.05, 0.1) is 5.92 Å². The number of fused-ring (bicyclic) bond motifs is 1. The van der Waals surface area contributed by atoms with Gasteiger partial charge < -0.3 is 4.90 Å². The van der Waals surface area contributed by atoms with Crippen molar-refractivity contribution >= 4 is 22.9 Å². The van der Waals surface area contributed by atoms with Gasteiger partial charge in [-0.3, -0.25) is 9.69 Å². The van der Waals surface area contributed by atoms with Crippen LogP contribution in [0, 0.1) is 11.8 Å². The zero-order chi connectivity index (χ0) is 14.2. The van der Waals surface area contributed by atoms with Crippen LogP contribution >= 0.6 is 11.3 Å². The van der Waals surface area contributed by atoms with Crippen LogP contribution in [0.4, 0.5) is 5.69 Å². The first kappa shape index (κ1) is 13.0. The van der Waals surface area contributed by atoms with E-state index >= 15 is 0 Å². The predicted octanol–water partition coefficient (Wildman–Crippen LogP) is 2.84. The van der Waals surface area contributed by atoms with E-state index in [0.29, 0.717) is 11.8 Å². The molecule has 1 aromatic carbocycles. The second kappa shape index (κ2) is 5.28. The maximum atomic E-state index is 12.6. The second-order valence-electron chi connectivity index (χ2n) is 5.98. The Morgan fingerprint density at radius 1 is 1.10 bits per heavy atom. The van der Waals surface area contributed by atoms with Crippen molar-refractivity contribution in [2.24, 2.45) is 11.8 Å². The Labute approximate surface area is 128 Å². The fraction of sp³-hybridized carbons (Fsp3) is 0.353. The Bertz CT molecular complexity index is 626. The molecule has 0 spiro atoms. The highest BCUT2D eigenvalue weighted by molar-refractivity contribution is 7.07. The van der Waals surface area contributed by atoms with Gasteiger partial charge in [0, 0.05) is 37.8 Å². The topological polar surface area (TPSA) is 23.6 Å². The molecule has 21 heavy (non-hydrogen) atoms. The quantitative estimate of drug-likeness (QED) is 0.870. The Morgan fingerprint density at radius 3 is 2.67 bits per heavy atom. The Balaban J connectivity index is 1.45. The van der Waals surface area contributed by atoms with Crippen LogP contribution in [0.25, 0.3) is 0 Å². The van der Waals surface area contributed by atoms with Gasteiger partial charge >= 0.3 is 0 Å². The molecule has 2 aliphatic rings. The molecule has 0 saturated carbocycles. The first-order chi connectivity index (χ1) is 10.3. The minimum absolute atomic E-state index is 0.184. The van der Waals surface area contributed by atoms with E-state index in [4.69, 9.17) is 0 Å². The molecule has 2 aromatic rings. The third-order valence-electron chi connectivity index (χ3n) is 4.57. The Kier molecular flexibility index (Phi) is 3.28. The van der Waals surface area contributed by atoms with Crippen molar-refractivity contribution in [2.75, 3.05) is 24.5 Å². The van der Waals surface area contributed by atoms with Crippen molar-refractivity contribution in [1.82, 2.24) is 4.90 Å². The number of hydrogen-bond acceptors (Lipinski definition) is 3. The van der Waals surface area contributed by atoms with Crippen molar-refractivity contribution in [1.29, 1.82) is 0 Å². The standard InChI is InChI=1S/C17H18N2OS/c20-17-16-11-18(8-13-6-7-21-12-13)9-14(16)10-19(17)15-4-2-1-3-5-15/h1-7,12,14,16H,8-11H2/t14-,16-/m0/s1. The molecule has 2 atom stereocenters. The predicted molar refractivity (Wildman–Crippen MR) is 85.4 cm³/mol. The van der Waals surface area contributed by atoms with E-state index < -0.39 is 0 Å². The van der Waals surface area contributed by atoms with Crippen molar-refractivity contribution < 1.29 is 4.79 Å². The van der Waals surface area contributed by atoms with Crippen LogP contribution in [-0.4, -0.2) is 30.4 Å². The van der Waals surface area contributed by atoms with Crippen LogP contribution in [0.1, 0.15) is 5.56 Å². The van der Waals surface area contributed by atoms with Crippen LogP contribution in [0.15, 0.2) is 47.2 Å². The maximum absolute atomic E-state index is 12.6. The fourth-order valence-electron chi connectivity index (χ4n) is 3.56. The summed E-state index contributed by atoms with van der Waals surface area (Å²) in [6.07, 6.45) is 0. The van der Waals surface area contributed by atoms with Gasteiger partial charge in [0.25, 0.3) is 0 Å². The summed E-state index contributed by atoms with van der Waals surface area (Å²) in [6.45, 7) is 3.79. The highest BCUT2D eigenvalue weighted by Gasteiger charge is 2.46. The Hall–Kier alpha value is -1.65. The number of likely N-dealkylation sites (tertiary alicyclic amines) is 1. The summed E-state index contributed by atoms with van der Waals surface area (Å²) >= 11 is 1.74. The summed E-state index contributed by atoms with van der Waals surface area (Å²) in [5, 5.41) is 4.32. The van der Waals surface area contributed by atoms with Crippen LogP contribution in [0.5, 0.6) is 0 Å². The van der Waals surface area contributed by atoms with E-state index in [1.165, 1.54) is 5.56 Å². The van der Waals surface area contributed by atoms with Crippen molar-refractivity contribution in [3.05, 3.63) is 52.7 Å². The summed E-state index contributed by atoms with van der Waals surface area (Å²) in [7, 11) is 0. The lowest BCUT2D eigenvalue weighted by Crippen LogP contribution is -2.32. The first-order valence-corrected chi connectivity index (χ1v) is 8.35. The third kappa shape index (κ3) is 2.39. The van der Waals surface area contributed by atoms with Gasteiger partial charge in [-0.1, -0.05) is 18.2 Å². The summed E-state index contributed by atoms with van der Waals surface area (Å²) < 4.78 is 0. The lowest BCUT2D eigenvalue weighted by atomic mass is 10.0. The molecular formula is C17H18N2OS. The van der Waals surface area contributed by atoms with E-state index in [2.05, 4.69) is 21.7 Å². The van der Waals surface area contributed by atoms with Gasteiger partial charge in [-0.15, -0.1) is 0 Å². The highest BCUT2D eigenvalue weighted by Crippen LogP contribution is 2.35. The highest BCUT2D eigenvalue weighted by atomic mass is 32.1. The number of nitrogens with zero attached hydrogens (tertiary/aromatic N) is 2. The molecule has 2 fully saturated rings. The van der Waals surface area contributed by atoms with Crippen LogP contribution in [0.2, 0.25) is 0 Å². The SMILES string of the molecule is O=C1[C@H]2CN(Cc3ccsc3)C[C@H]2CN1c1ccccc1. The van der Waals surface area contributed by atoms with E-state index in [1.54, 1.807) is 11.3 Å². The number of benzene rings is 1. The molecule has 4 rings (SSSR count). The van der Waals surface area contributed by atoms with Crippen molar-refractivity contribution in [3.63, 3.8) is 0 Å². The third-order valence-corrected chi connectivity index (χ3v) is 5.30. The molecule has 2 saturated heterocycles. The molecule has 3 nitrogen and oxygen atoms in total. The summed E-state index contributed by atoms with van der Waals surface area (Å²) in [5.41, 5.74) is 2.41. The molecular weight excluding hydrogens is 280 g/mol. The molecule has 0 radical (unpaired) electrons. The number of thiophene rings is 1. The molecule has 108 valence electrons. The number of carbonyl (C=O) groups excluding carboxylic acids is 1. The number of anilines is 1. The monoisotopic (exact) mass is 298 g/mol. The van der Waals surface area contributed by atoms with Gasteiger partial charge in [-0.05, 0) is 34.5 Å². The van der Waals surface area contributed by atoms with Gasteiger partial charge in [-0.25, -0.2) is 0 Å². The van der Waals surface area contributed by atoms with Gasteiger partial charge in [0.1, 0.15) is 0 Å². The zero-order valence-electron chi connectivity index (χ0n) is 11.8. The number of rotatable bonds is 3. The molecule has 2 aliphatic heterocycles. The second-order valence-corrected chi connectivity index (χ2v) is 6.76. The van der Waals surface area contributed by atoms with Crippen LogP contribution < -0.4 is 4.90 Å². The smallest absolute Gasteiger partial charge is 0.231 e. The molecule has 1 aromatic heterocycles. The van der Waals surface area contributed by atoms with Crippen LogP contribution in [-0.2, 0) is 11.3 Å². The average molecular weight is 298 g/mol. The molecule has 1 amide bonds. The minimum Gasteiger partial charge on any atom is -0.312 e. The molecule has 0 aliphatic carbocycles. The molecule has 0 unspecified atom stereocenters. The fourth-order valence-corrected chi connectivity index (χ4v) is 4.22. The molecule has 4 heteroatoms. The minimum atomic E-state index is 0.184. The van der Waals surface area contributed by atoms with E-state index in [9.17, 15) is 4.79 Å². The summed E-state index contributed by atoms with van der Waals surface area (Å²) in [4.78, 5) is 17.0. The summed E-state index contributed by atoms with van der Waals surface area (Å²) in [6, 6.07) is 12.2. The van der Waals surface area contributed by atoms with E-state index in [0.717, 1.165) is 31.9 Å². The Morgan fingerprint density at radius 2 is 1.95 bits per heavy atom. The summed E-state index contributed by atoms with van der Waals surface area (Å²) in [5.74, 6) is 0.971. The molecule has 3 heterocycles. The van der Waals surface area contributed by atoms with E-state index in [-0.39, 0.29) is 5.92 Å². The number of amides is 1. The first-order valence-electron chi connectivity index (χ1n) is 7.41. The van der Waals surface area contributed by atoms with Gasteiger partial charge in [-0.2, -0.15) is 11.3 Å². The van der Waals surface area contributed by atoms with Crippen LogP contribution in [0.3, 0.4) is 0 Å². The lowest BCUT2D eigenvalue weighted by Gasteiger charge is -2.21. The molecule has 0 N–H and O–H groups in total. The normalized spacial score (nSPS) is 25.5. The number of para-hydroxylation sites is 1. The maximum Gasteiger partial charge on any atom is 0.231 e.